The van der Waals surface area contributed by atoms with Gasteiger partial charge in [-0.1, -0.05) is 0 Å². The number of hydrogen-bond acceptors (Lipinski definition) is 3. The lowest BCUT2D eigenvalue weighted by atomic mass is 10.4. The molecule has 0 aromatic carbocycles. The van der Waals surface area contributed by atoms with E-state index in [0.29, 0.717) is 0 Å². The van der Waals surface area contributed by atoms with Crippen molar-refractivity contribution in [2.75, 3.05) is 26.4 Å². The SMILES string of the molecule is C1CCOC1.C1CCOC1.NC(=O)O. The maximum atomic E-state index is 8.78. The van der Waals surface area contributed by atoms with Crippen molar-refractivity contribution in [3.8, 4) is 0 Å². The van der Waals surface area contributed by atoms with Crippen molar-refractivity contribution in [3.63, 3.8) is 0 Å². The van der Waals surface area contributed by atoms with Gasteiger partial charge in [0.1, 0.15) is 0 Å². The Morgan fingerprint density at radius 3 is 1.21 bits per heavy atom. The van der Waals surface area contributed by atoms with E-state index in [9.17, 15) is 0 Å². The first-order valence-corrected chi connectivity index (χ1v) is 4.87. The molecule has 2 fully saturated rings. The molecule has 2 heterocycles. The van der Waals surface area contributed by atoms with Crippen molar-refractivity contribution in [2.45, 2.75) is 25.7 Å². The molecule has 0 spiro atoms. The predicted molar refractivity (Wildman–Crippen MR) is 52.3 cm³/mol. The molecule has 0 saturated carbocycles. The van der Waals surface area contributed by atoms with Crippen LogP contribution < -0.4 is 5.73 Å². The number of rotatable bonds is 0. The van der Waals surface area contributed by atoms with Crippen molar-refractivity contribution in [1.29, 1.82) is 0 Å². The monoisotopic (exact) mass is 205 g/mol. The number of nitrogens with two attached hydrogens (primary N) is 1. The second-order valence-electron chi connectivity index (χ2n) is 2.98. The molecule has 0 aromatic heterocycles. The fourth-order valence-corrected chi connectivity index (χ4v) is 1.02. The summed E-state index contributed by atoms with van der Waals surface area (Å²) in [5.41, 5.74) is 4.03. The van der Waals surface area contributed by atoms with Crippen molar-refractivity contribution in [2.24, 2.45) is 5.73 Å². The van der Waals surface area contributed by atoms with Crippen molar-refractivity contribution >= 4 is 6.09 Å². The van der Waals surface area contributed by atoms with Gasteiger partial charge < -0.3 is 20.3 Å². The van der Waals surface area contributed by atoms with Crippen molar-refractivity contribution < 1.29 is 19.4 Å². The number of carboxylic acid groups (broad SMARTS) is 1. The summed E-state index contributed by atoms with van der Waals surface area (Å²) in [6.45, 7) is 4.00. The molecule has 2 saturated heterocycles. The van der Waals surface area contributed by atoms with Crippen LogP contribution in [0.15, 0.2) is 0 Å². The molecule has 0 atom stereocenters. The highest BCUT2D eigenvalue weighted by molar-refractivity contribution is 5.61. The molecule has 1 amide bonds. The Labute approximate surface area is 84.2 Å². The normalized spacial score (nSPS) is 18.9. The molecule has 2 rings (SSSR count). The molecule has 0 aliphatic carbocycles. The Morgan fingerprint density at radius 1 is 0.929 bits per heavy atom. The van der Waals surface area contributed by atoms with Gasteiger partial charge in [0.05, 0.1) is 0 Å². The minimum atomic E-state index is -1.33. The molecule has 0 unspecified atom stereocenters. The van der Waals surface area contributed by atoms with Gasteiger partial charge in [0.25, 0.3) is 0 Å². The van der Waals surface area contributed by atoms with E-state index in [1.807, 2.05) is 0 Å². The van der Waals surface area contributed by atoms with E-state index in [1.165, 1.54) is 25.7 Å². The van der Waals surface area contributed by atoms with E-state index < -0.39 is 6.09 Å². The van der Waals surface area contributed by atoms with Crippen LogP contribution in [0.4, 0.5) is 4.79 Å². The van der Waals surface area contributed by atoms with Crippen LogP contribution in [0.25, 0.3) is 0 Å². The molecule has 5 heteroatoms. The van der Waals surface area contributed by atoms with Crippen LogP contribution in [-0.2, 0) is 9.47 Å². The molecule has 2 aliphatic rings. The highest BCUT2D eigenvalue weighted by Crippen LogP contribution is 1.98. The topological polar surface area (TPSA) is 81.8 Å². The Morgan fingerprint density at radius 2 is 1.14 bits per heavy atom. The van der Waals surface area contributed by atoms with E-state index in [-0.39, 0.29) is 0 Å². The molecular weight excluding hydrogens is 186 g/mol. The Bertz CT molecular complexity index is 104. The third-order valence-corrected chi connectivity index (χ3v) is 1.65. The lowest BCUT2D eigenvalue weighted by Crippen LogP contribution is -2.03. The van der Waals surface area contributed by atoms with Crippen LogP contribution >= 0.6 is 0 Å². The largest absolute Gasteiger partial charge is 0.465 e. The molecule has 0 bridgehead atoms. The molecule has 0 radical (unpaired) electrons. The Hall–Kier alpha value is -0.810. The van der Waals surface area contributed by atoms with Gasteiger partial charge in [0, 0.05) is 26.4 Å². The second kappa shape index (κ2) is 10.3. The van der Waals surface area contributed by atoms with Gasteiger partial charge in [0.2, 0.25) is 0 Å². The lowest BCUT2D eigenvalue weighted by Gasteiger charge is -1.76. The fourth-order valence-electron chi connectivity index (χ4n) is 1.02. The molecule has 84 valence electrons. The lowest BCUT2D eigenvalue weighted by molar-refractivity contribution is 0.198. The van der Waals surface area contributed by atoms with E-state index >= 15 is 0 Å². The van der Waals surface area contributed by atoms with E-state index in [0.717, 1.165) is 26.4 Å². The van der Waals surface area contributed by atoms with Crippen LogP contribution in [0, 0.1) is 0 Å². The summed E-state index contributed by atoms with van der Waals surface area (Å²) < 4.78 is 9.89. The minimum absolute atomic E-state index is 1.00. The molecule has 5 nitrogen and oxygen atoms in total. The zero-order valence-corrected chi connectivity index (χ0v) is 8.41. The van der Waals surface area contributed by atoms with Crippen molar-refractivity contribution in [1.82, 2.24) is 0 Å². The minimum Gasteiger partial charge on any atom is -0.465 e. The first-order chi connectivity index (χ1) is 6.73. The summed E-state index contributed by atoms with van der Waals surface area (Å²) in [5.74, 6) is 0. The number of primary amides is 1. The average Bonchev–Trinajstić information content (AvgIpc) is 2.83. The van der Waals surface area contributed by atoms with Crippen LogP contribution in [0.5, 0.6) is 0 Å². The zero-order chi connectivity index (χ0) is 10.6. The Balaban J connectivity index is 0.000000183. The third-order valence-electron chi connectivity index (χ3n) is 1.65. The van der Waals surface area contributed by atoms with Crippen LogP contribution in [0.1, 0.15) is 25.7 Å². The second-order valence-corrected chi connectivity index (χ2v) is 2.98. The van der Waals surface area contributed by atoms with Crippen LogP contribution in [0.3, 0.4) is 0 Å². The number of carbonyl (C=O) groups is 1. The van der Waals surface area contributed by atoms with Gasteiger partial charge in [0.15, 0.2) is 0 Å². The number of amides is 1. The highest BCUT2D eigenvalue weighted by Gasteiger charge is 1.95. The van der Waals surface area contributed by atoms with Crippen LogP contribution in [0.2, 0.25) is 0 Å². The molecule has 0 aromatic rings. The number of ether oxygens (including phenoxy) is 2. The van der Waals surface area contributed by atoms with Gasteiger partial charge >= 0.3 is 6.09 Å². The molecule has 2 aliphatic heterocycles. The summed E-state index contributed by atoms with van der Waals surface area (Å²) in [4.78, 5) is 8.78. The fraction of sp³-hybridized carbons (Fsp3) is 0.889. The van der Waals surface area contributed by atoms with Crippen LogP contribution in [-0.4, -0.2) is 37.6 Å². The summed E-state index contributed by atoms with van der Waals surface area (Å²) in [6, 6.07) is 0. The van der Waals surface area contributed by atoms with E-state index in [1.54, 1.807) is 0 Å². The van der Waals surface area contributed by atoms with E-state index in [2.05, 4.69) is 5.73 Å². The van der Waals surface area contributed by atoms with Gasteiger partial charge in [-0.2, -0.15) is 0 Å². The highest BCUT2D eigenvalue weighted by atomic mass is 16.5. The maximum absolute atomic E-state index is 8.78. The first kappa shape index (κ1) is 13.2. The zero-order valence-electron chi connectivity index (χ0n) is 8.41. The third kappa shape index (κ3) is 13.8. The average molecular weight is 205 g/mol. The standard InChI is InChI=1S/2C4H8O.CH3NO2/c2*1-2-4-5-3-1;2-1(3)4/h2*1-4H2;2H2,(H,3,4). The smallest absolute Gasteiger partial charge is 0.402 e. The summed E-state index contributed by atoms with van der Waals surface area (Å²) >= 11 is 0. The van der Waals surface area contributed by atoms with Gasteiger partial charge in [-0.15, -0.1) is 0 Å². The predicted octanol–water partition coefficient (Wildman–Crippen LogP) is 1.22. The summed E-state index contributed by atoms with van der Waals surface area (Å²) in [5, 5.41) is 7.19. The molecule has 14 heavy (non-hydrogen) atoms. The number of hydrogen-bond donors (Lipinski definition) is 2. The van der Waals surface area contributed by atoms with Gasteiger partial charge in [-0.25, -0.2) is 4.79 Å². The maximum Gasteiger partial charge on any atom is 0.402 e. The summed E-state index contributed by atoms with van der Waals surface area (Å²) in [6.07, 6.45) is 3.78. The first-order valence-electron chi connectivity index (χ1n) is 4.87. The molecular formula is C9H19NO4. The van der Waals surface area contributed by atoms with Gasteiger partial charge in [-0.05, 0) is 25.7 Å². The van der Waals surface area contributed by atoms with Gasteiger partial charge in [-0.3, -0.25) is 0 Å². The Kier molecular flexibility index (Phi) is 9.68. The molecule has 3 N–H and O–H groups in total. The summed E-state index contributed by atoms with van der Waals surface area (Å²) in [7, 11) is 0. The van der Waals surface area contributed by atoms with Crippen molar-refractivity contribution in [3.05, 3.63) is 0 Å². The quantitative estimate of drug-likeness (QED) is 0.623. The van der Waals surface area contributed by atoms with E-state index in [4.69, 9.17) is 19.4 Å².